The standard InChI is InChI=1S/C20H30N4O2/c1-3-24(18-7-5-4-6-16(18)2)20(26)15-23-12-10-22(11-13-23)14-19(25)21-17-8-9-17/h4-7,17H,3,8-15H2,1-2H3,(H,21,25). The summed E-state index contributed by atoms with van der Waals surface area (Å²) in [6.45, 7) is 8.96. The van der Waals surface area contributed by atoms with Crippen molar-refractivity contribution < 1.29 is 9.59 Å². The van der Waals surface area contributed by atoms with E-state index < -0.39 is 0 Å². The molecule has 0 atom stereocenters. The molecule has 0 spiro atoms. The van der Waals surface area contributed by atoms with Crippen LogP contribution in [0.3, 0.4) is 0 Å². The molecule has 1 aliphatic heterocycles. The summed E-state index contributed by atoms with van der Waals surface area (Å²) in [5.74, 6) is 0.274. The number of carbonyl (C=O) groups excluding carboxylic acids is 2. The minimum Gasteiger partial charge on any atom is -0.352 e. The third kappa shape index (κ3) is 5.05. The maximum absolute atomic E-state index is 12.8. The number of amides is 2. The molecule has 2 aliphatic rings. The van der Waals surface area contributed by atoms with Gasteiger partial charge in [0, 0.05) is 44.5 Å². The minimum absolute atomic E-state index is 0.133. The van der Waals surface area contributed by atoms with Gasteiger partial charge in [0.25, 0.3) is 0 Å². The molecule has 1 saturated carbocycles. The fourth-order valence-corrected chi connectivity index (χ4v) is 3.43. The van der Waals surface area contributed by atoms with Crippen molar-refractivity contribution in [2.75, 3.05) is 50.7 Å². The van der Waals surface area contributed by atoms with Crippen LogP contribution < -0.4 is 10.2 Å². The molecule has 1 heterocycles. The molecule has 1 saturated heterocycles. The molecule has 1 aromatic rings. The van der Waals surface area contributed by atoms with E-state index >= 15 is 0 Å². The highest BCUT2D eigenvalue weighted by molar-refractivity contribution is 5.95. The van der Waals surface area contributed by atoms with Crippen molar-refractivity contribution in [3.63, 3.8) is 0 Å². The van der Waals surface area contributed by atoms with Crippen molar-refractivity contribution in [2.45, 2.75) is 32.7 Å². The number of para-hydroxylation sites is 1. The third-order valence-corrected chi connectivity index (χ3v) is 5.16. The average Bonchev–Trinajstić information content (AvgIpc) is 3.43. The first-order chi connectivity index (χ1) is 12.6. The first kappa shape index (κ1) is 18.9. The predicted octanol–water partition coefficient (Wildman–Crippen LogP) is 1.24. The van der Waals surface area contributed by atoms with Gasteiger partial charge in [-0.2, -0.15) is 0 Å². The molecule has 6 nitrogen and oxygen atoms in total. The summed E-state index contributed by atoms with van der Waals surface area (Å²) in [7, 11) is 0. The van der Waals surface area contributed by atoms with Crippen LogP contribution in [0.4, 0.5) is 5.69 Å². The Kier molecular flexibility index (Phi) is 6.27. The van der Waals surface area contributed by atoms with E-state index in [0.717, 1.165) is 50.3 Å². The third-order valence-electron chi connectivity index (χ3n) is 5.16. The fourth-order valence-electron chi connectivity index (χ4n) is 3.43. The van der Waals surface area contributed by atoms with Crippen molar-refractivity contribution in [2.24, 2.45) is 0 Å². The highest BCUT2D eigenvalue weighted by atomic mass is 16.2. The Labute approximate surface area is 156 Å². The Bertz CT molecular complexity index is 636. The lowest BCUT2D eigenvalue weighted by molar-refractivity contribution is -0.124. The summed E-state index contributed by atoms with van der Waals surface area (Å²) in [5.41, 5.74) is 2.12. The molecule has 3 rings (SSSR count). The van der Waals surface area contributed by atoms with E-state index in [1.54, 1.807) is 0 Å². The van der Waals surface area contributed by atoms with Gasteiger partial charge in [-0.25, -0.2) is 0 Å². The number of aryl methyl sites for hydroxylation is 1. The Morgan fingerprint density at radius 3 is 2.27 bits per heavy atom. The molecule has 2 amide bonds. The normalized spacial score (nSPS) is 18.5. The maximum atomic E-state index is 12.8. The van der Waals surface area contributed by atoms with Gasteiger partial charge in [0.2, 0.25) is 11.8 Å². The number of anilines is 1. The molecule has 26 heavy (non-hydrogen) atoms. The van der Waals surface area contributed by atoms with E-state index in [1.807, 2.05) is 43.0 Å². The zero-order chi connectivity index (χ0) is 18.5. The summed E-state index contributed by atoms with van der Waals surface area (Å²) in [6, 6.07) is 8.44. The lowest BCUT2D eigenvalue weighted by Gasteiger charge is -2.35. The van der Waals surface area contributed by atoms with Gasteiger partial charge in [0.05, 0.1) is 13.1 Å². The number of rotatable bonds is 7. The summed E-state index contributed by atoms with van der Waals surface area (Å²) in [6.07, 6.45) is 2.24. The van der Waals surface area contributed by atoms with E-state index in [1.165, 1.54) is 0 Å². The first-order valence-electron chi connectivity index (χ1n) is 9.67. The van der Waals surface area contributed by atoms with Crippen LogP contribution in [0.15, 0.2) is 24.3 Å². The molecule has 142 valence electrons. The lowest BCUT2D eigenvalue weighted by atomic mass is 10.1. The highest BCUT2D eigenvalue weighted by Gasteiger charge is 2.26. The molecule has 1 aromatic carbocycles. The molecule has 1 aliphatic carbocycles. The number of hydrogen-bond acceptors (Lipinski definition) is 4. The zero-order valence-electron chi connectivity index (χ0n) is 15.9. The molecule has 1 N–H and O–H groups in total. The topological polar surface area (TPSA) is 55.9 Å². The second kappa shape index (κ2) is 8.64. The lowest BCUT2D eigenvalue weighted by Crippen LogP contribution is -2.52. The monoisotopic (exact) mass is 358 g/mol. The van der Waals surface area contributed by atoms with Crippen LogP contribution in [0.5, 0.6) is 0 Å². The number of nitrogens with one attached hydrogen (secondary N) is 1. The van der Waals surface area contributed by atoms with Crippen LogP contribution in [0.25, 0.3) is 0 Å². The fraction of sp³-hybridized carbons (Fsp3) is 0.600. The quantitative estimate of drug-likeness (QED) is 0.797. The van der Waals surface area contributed by atoms with Crippen LogP contribution in [0, 0.1) is 6.92 Å². The molecule has 6 heteroatoms. The number of piperazine rings is 1. The Morgan fingerprint density at radius 1 is 1.08 bits per heavy atom. The molecule has 0 bridgehead atoms. The van der Waals surface area contributed by atoms with E-state index in [-0.39, 0.29) is 11.8 Å². The van der Waals surface area contributed by atoms with Crippen molar-refractivity contribution >= 4 is 17.5 Å². The molecular formula is C20H30N4O2. The maximum Gasteiger partial charge on any atom is 0.241 e. The van der Waals surface area contributed by atoms with Crippen molar-refractivity contribution in [1.29, 1.82) is 0 Å². The largest absolute Gasteiger partial charge is 0.352 e. The number of nitrogens with zero attached hydrogens (tertiary/aromatic N) is 3. The highest BCUT2D eigenvalue weighted by Crippen LogP contribution is 2.20. The van der Waals surface area contributed by atoms with Crippen molar-refractivity contribution in [3.05, 3.63) is 29.8 Å². The smallest absolute Gasteiger partial charge is 0.241 e. The van der Waals surface area contributed by atoms with Crippen molar-refractivity contribution in [3.8, 4) is 0 Å². The first-order valence-corrected chi connectivity index (χ1v) is 9.67. The van der Waals surface area contributed by atoms with Gasteiger partial charge in [0.1, 0.15) is 0 Å². The minimum atomic E-state index is 0.133. The predicted molar refractivity (Wildman–Crippen MR) is 103 cm³/mol. The van der Waals surface area contributed by atoms with Crippen LogP contribution in [-0.4, -0.2) is 73.5 Å². The van der Waals surface area contributed by atoms with Crippen molar-refractivity contribution in [1.82, 2.24) is 15.1 Å². The number of carbonyl (C=O) groups is 2. The summed E-state index contributed by atoms with van der Waals surface area (Å²) >= 11 is 0. The van der Waals surface area contributed by atoms with Crippen LogP contribution in [0.2, 0.25) is 0 Å². The van der Waals surface area contributed by atoms with Gasteiger partial charge < -0.3 is 10.2 Å². The summed E-state index contributed by atoms with van der Waals surface area (Å²) in [4.78, 5) is 30.9. The zero-order valence-corrected chi connectivity index (χ0v) is 15.9. The molecule has 0 aromatic heterocycles. The van der Waals surface area contributed by atoms with Crippen LogP contribution in [0.1, 0.15) is 25.3 Å². The van der Waals surface area contributed by atoms with Gasteiger partial charge in [-0.3, -0.25) is 19.4 Å². The van der Waals surface area contributed by atoms with E-state index in [0.29, 0.717) is 25.7 Å². The van der Waals surface area contributed by atoms with E-state index in [2.05, 4.69) is 15.1 Å². The van der Waals surface area contributed by atoms with Crippen LogP contribution >= 0.6 is 0 Å². The number of benzene rings is 1. The van der Waals surface area contributed by atoms with Gasteiger partial charge in [-0.05, 0) is 38.3 Å². The number of hydrogen-bond donors (Lipinski definition) is 1. The Hall–Kier alpha value is -1.92. The van der Waals surface area contributed by atoms with Crippen LogP contribution in [-0.2, 0) is 9.59 Å². The van der Waals surface area contributed by atoms with Gasteiger partial charge in [-0.1, -0.05) is 18.2 Å². The Balaban J connectivity index is 1.46. The Morgan fingerprint density at radius 2 is 1.69 bits per heavy atom. The van der Waals surface area contributed by atoms with E-state index in [4.69, 9.17) is 0 Å². The summed E-state index contributed by atoms with van der Waals surface area (Å²) < 4.78 is 0. The van der Waals surface area contributed by atoms with E-state index in [9.17, 15) is 9.59 Å². The second-order valence-electron chi connectivity index (χ2n) is 7.32. The molecular weight excluding hydrogens is 328 g/mol. The van der Waals surface area contributed by atoms with Gasteiger partial charge in [0.15, 0.2) is 0 Å². The summed E-state index contributed by atoms with van der Waals surface area (Å²) in [5, 5.41) is 3.04. The molecule has 0 unspecified atom stereocenters. The second-order valence-corrected chi connectivity index (χ2v) is 7.32. The molecule has 0 radical (unpaired) electrons. The van der Waals surface area contributed by atoms with Gasteiger partial charge in [-0.15, -0.1) is 0 Å². The average molecular weight is 358 g/mol. The van der Waals surface area contributed by atoms with Gasteiger partial charge >= 0.3 is 0 Å². The molecule has 2 fully saturated rings. The SMILES string of the molecule is CCN(C(=O)CN1CCN(CC(=O)NC2CC2)CC1)c1ccccc1C. The number of likely N-dealkylation sites (N-methyl/N-ethyl adjacent to an activating group) is 1.